The molecular weight excluding hydrogens is 284 g/mol. The second-order valence-corrected chi connectivity index (χ2v) is 6.13. The number of thiazole rings is 1. The van der Waals surface area contributed by atoms with Crippen LogP contribution in [0.4, 0.5) is 0 Å². The molecule has 0 aliphatic rings. The number of hydrogen-bond donors (Lipinski definition) is 1. The van der Waals surface area contributed by atoms with Crippen molar-refractivity contribution < 1.29 is 4.74 Å². The molecule has 0 saturated heterocycles. The molecule has 0 radical (unpaired) electrons. The fourth-order valence-corrected chi connectivity index (χ4v) is 3.12. The van der Waals surface area contributed by atoms with Gasteiger partial charge in [0.25, 0.3) is 0 Å². The van der Waals surface area contributed by atoms with Gasteiger partial charge >= 0.3 is 0 Å². The molecule has 0 unspecified atom stereocenters. The highest BCUT2D eigenvalue weighted by Crippen LogP contribution is 2.17. The van der Waals surface area contributed by atoms with E-state index in [1.165, 1.54) is 11.3 Å². The fourth-order valence-electron chi connectivity index (χ4n) is 2.37. The number of aromatic nitrogens is 3. The minimum atomic E-state index is 0.751. The van der Waals surface area contributed by atoms with E-state index in [0.717, 1.165) is 49.1 Å². The molecule has 0 saturated carbocycles. The Hall–Kier alpha value is -1.24. The third kappa shape index (κ3) is 4.36. The first-order chi connectivity index (χ1) is 10.1. The maximum Gasteiger partial charge on any atom is 0.114 e. The average Bonchev–Trinajstić information content (AvgIpc) is 2.96. The lowest BCUT2D eigenvalue weighted by Crippen LogP contribution is -2.22. The summed E-state index contributed by atoms with van der Waals surface area (Å²) in [7, 11) is 1.72. The smallest absolute Gasteiger partial charge is 0.114 e. The van der Waals surface area contributed by atoms with Gasteiger partial charge < -0.3 is 10.1 Å². The monoisotopic (exact) mass is 308 g/mol. The molecule has 0 aromatic carbocycles. The van der Waals surface area contributed by atoms with Crippen molar-refractivity contribution in [3.63, 3.8) is 0 Å². The topological polar surface area (TPSA) is 52.0 Å². The van der Waals surface area contributed by atoms with Crippen molar-refractivity contribution in [2.45, 2.75) is 33.7 Å². The number of methoxy groups -OCH3 is 1. The zero-order chi connectivity index (χ0) is 15.2. The van der Waals surface area contributed by atoms with Crippen LogP contribution in [0, 0.1) is 20.8 Å². The van der Waals surface area contributed by atoms with Gasteiger partial charge in [-0.25, -0.2) is 4.98 Å². The van der Waals surface area contributed by atoms with Gasteiger partial charge in [-0.2, -0.15) is 5.10 Å². The third-order valence-corrected chi connectivity index (χ3v) is 4.47. The molecule has 0 atom stereocenters. The minimum Gasteiger partial charge on any atom is -0.383 e. The molecule has 0 amide bonds. The SMILES string of the molecule is COCCNCCc1c(C)nn(Cc2nc(C)cs2)c1C. The number of nitrogens with zero attached hydrogens (tertiary/aromatic N) is 3. The Bertz CT molecular complexity index is 576. The van der Waals surface area contributed by atoms with Crippen molar-refractivity contribution in [2.24, 2.45) is 0 Å². The van der Waals surface area contributed by atoms with Crippen molar-refractivity contribution in [1.29, 1.82) is 0 Å². The van der Waals surface area contributed by atoms with Gasteiger partial charge in [0.1, 0.15) is 5.01 Å². The summed E-state index contributed by atoms with van der Waals surface area (Å²) in [5.74, 6) is 0. The first kappa shape index (κ1) is 16.1. The molecule has 2 aromatic rings. The molecular formula is C15H24N4OS. The van der Waals surface area contributed by atoms with Crippen LogP contribution in [0.25, 0.3) is 0 Å². The number of nitrogens with one attached hydrogen (secondary N) is 1. The lowest BCUT2D eigenvalue weighted by Gasteiger charge is -2.05. The lowest BCUT2D eigenvalue weighted by molar-refractivity contribution is 0.199. The van der Waals surface area contributed by atoms with E-state index in [1.54, 1.807) is 18.4 Å². The van der Waals surface area contributed by atoms with E-state index >= 15 is 0 Å². The first-order valence-corrected chi connectivity index (χ1v) is 8.13. The molecule has 116 valence electrons. The van der Waals surface area contributed by atoms with Gasteiger partial charge in [-0.3, -0.25) is 4.68 Å². The standard InChI is InChI=1S/C15H24N4OS/c1-11-10-21-15(17-11)9-19-13(3)14(12(2)18-19)5-6-16-7-8-20-4/h10,16H,5-9H2,1-4H3. The Balaban J connectivity index is 1.96. The summed E-state index contributed by atoms with van der Waals surface area (Å²) in [6, 6.07) is 0. The molecule has 0 bridgehead atoms. The van der Waals surface area contributed by atoms with Gasteiger partial charge in [-0.05, 0) is 39.3 Å². The molecule has 0 aliphatic carbocycles. The Labute approximate surface area is 130 Å². The molecule has 2 heterocycles. The molecule has 2 rings (SSSR count). The summed E-state index contributed by atoms with van der Waals surface area (Å²) in [4.78, 5) is 4.51. The highest BCUT2D eigenvalue weighted by atomic mass is 32.1. The summed E-state index contributed by atoms with van der Waals surface area (Å²) < 4.78 is 7.10. The lowest BCUT2D eigenvalue weighted by atomic mass is 10.1. The van der Waals surface area contributed by atoms with Gasteiger partial charge in [-0.1, -0.05) is 0 Å². The molecule has 0 spiro atoms. The zero-order valence-corrected chi connectivity index (χ0v) is 14.1. The Morgan fingerprint density at radius 1 is 1.29 bits per heavy atom. The average molecular weight is 308 g/mol. The normalized spacial score (nSPS) is 11.2. The third-order valence-electron chi connectivity index (χ3n) is 3.52. The van der Waals surface area contributed by atoms with E-state index in [-0.39, 0.29) is 0 Å². The van der Waals surface area contributed by atoms with E-state index < -0.39 is 0 Å². The van der Waals surface area contributed by atoms with Crippen molar-refractivity contribution in [1.82, 2.24) is 20.1 Å². The van der Waals surface area contributed by atoms with Gasteiger partial charge in [0.15, 0.2) is 0 Å². The predicted molar refractivity (Wildman–Crippen MR) is 86.1 cm³/mol. The van der Waals surface area contributed by atoms with Gasteiger partial charge in [0.05, 0.1) is 18.8 Å². The fraction of sp³-hybridized carbons (Fsp3) is 0.600. The van der Waals surface area contributed by atoms with Gasteiger partial charge in [0.2, 0.25) is 0 Å². The van der Waals surface area contributed by atoms with Crippen LogP contribution < -0.4 is 5.32 Å². The van der Waals surface area contributed by atoms with Gasteiger partial charge in [0, 0.05) is 30.4 Å². The van der Waals surface area contributed by atoms with Crippen LogP contribution in [-0.2, 0) is 17.7 Å². The van der Waals surface area contributed by atoms with E-state index in [1.807, 2.05) is 6.92 Å². The summed E-state index contributed by atoms with van der Waals surface area (Å²) in [6.45, 7) is 9.61. The van der Waals surface area contributed by atoms with Crippen molar-refractivity contribution >= 4 is 11.3 Å². The maximum atomic E-state index is 5.03. The second-order valence-electron chi connectivity index (χ2n) is 5.18. The van der Waals surface area contributed by atoms with E-state index in [2.05, 4.69) is 39.3 Å². The number of hydrogen-bond acceptors (Lipinski definition) is 5. The van der Waals surface area contributed by atoms with Crippen molar-refractivity contribution in [2.75, 3.05) is 26.8 Å². The second kappa shape index (κ2) is 7.68. The van der Waals surface area contributed by atoms with E-state index in [9.17, 15) is 0 Å². The van der Waals surface area contributed by atoms with Crippen LogP contribution in [-0.4, -0.2) is 41.6 Å². The van der Waals surface area contributed by atoms with Crippen LogP contribution >= 0.6 is 11.3 Å². The van der Waals surface area contributed by atoms with E-state index in [0.29, 0.717) is 0 Å². The number of rotatable bonds is 8. The summed E-state index contributed by atoms with van der Waals surface area (Å²) in [6.07, 6.45) is 0.998. The molecule has 0 fully saturated rings. The summed E-state index contributed by atoms with van der Waals surface area (Å²) in [5.41, 5.74) is 4.79. The highest BCUT2D eigenvalue weighted by Gasteiger charge is 2.12. The van der Waals surface area contributed by atoms with Crippen LogP contribution in [0.3, 0.4) is 0 Å². The quantitative estimate of drug-likeness (QED) is 0.759. The van der Waals surface area contributed by atoms with Crippen LogP contribution in [0.15, 0.2) is 5.38 Å². The Kier molecular flexibility index (Phi) is 5.90. The molecule has 6 heteroatoms. The van der Waals surface area contributed by atoms with Gasteiger partial charge in [-0.15, -0.1) is 11.3 Å². The summed E-state index contributed by atoms with van der Waals surface area (Å²) in [5, 5.41) is 11.2. The van der Waals surface area contributed by atoms with E-state index in [4.69, 9.17) is 4.74 Å². The largest absolute Gasteiger partial charge is 0.383 e. The van der Waals surface area contributed by atoms with Crippen molar-refractivity contribution in [3.8, 4) is 0 Å². The molecule has 5 nitrogen and oxygen atoms in total. The number of aryl methyl sites for hydroxylation is 2. The maximum absolute atomic E-state index is 5.03. The minimum absolute atomic E-state index is 0.751. The van der Waals surface area contributed by atoms with Crippen LogP contribution in [0.2, 0.25) is 0 Å². The van der Waals surface area contributed by atoms with Crippen LogP contribution in [0.1, 0.15) is 27.7 Å². The predicted octanol–water partition coefficient (Wildman–Crippen LogP) is 2.09. The Morgan fingerprint density at radius 2 is 2.10 bits per heavy atom. The molecule has 2 aromatic heterocycles. The molecule has 1 N–H and O–H groups in total. The Morgan fingerprint density at radius 3 is 2.76 bits per heavy atom. The molecule has 0 aliphatic heterocycles. The zero-order valence-electron chi connectivity index (χ0n) is 13.3. The number of ether oxygens (including phenoxy) is 1. The molecule has 21 heavy (non-hydrogen) atoms. The van der Waals surface area contributed by atoms with Crippen LogP contribution in [0.5, 0.6) is 0 Å². The first-order valence-electron chi connectivity index (χ1n) is 7.25. The highest BCUT2D eigenvalue weighted by molar-refractivity contribution is 7.09. The summed E-state index contributed by atoms with van der Waals surface area (Å²) >= 11 is 1.70. The van der Waals surface area contributed by atoms with Crippen molar-refractivity contribution in [3.05, 3.63) is 33.0 Å².